The first-order valence-electron chi connectivity index (χ1n) is 9.68. The summed E-state index contributed by atoms with van der Waals surface area (Å²) in [5.74, 6) is 1.23. The highest BCUT2D eigenvalue weighted by atomic mass is 35.5. The van der Waals surface area contributed by atoms with E-state index in [2.05, 4.69) is 10.2 Å². The fraction of sp³-hybridized carbons (Fsp3) is 0.409. The van der Waals surface area contributed by atoms with E-state index < -0.39 is 0 Å². The van der Waals surface area contributed by atoms with E-state index >= 15 is 0 Å². The minimum atomic E-state index is -0.140. The van der Waals surface area contributed by atoms with E-state index in [0.717, 1.165) is 30.8 Å². The number of halogens is 1. The SMILES string of the molecule is COc1ccccc1CN(CC(=O)Nc1cc(Cl)ccc1OC)CC1CCCO1. The highest BCUT2D eigenvalue weighted by molar-refractivity contribution is 6.31. The van der Waals surface area contributed by atoms with Crippen LogP contribution in [0, 0.1) is 0 Å². The van der Waals surface area contributed by atoms with Crippen molar-refractivity contribution in [3.63, 3.8) is 0 Å². The first-order chi connectivity index (χ1) is 14.1. The summed E-state index contributed by atoms with van der Waals surface area (Å²) in [6.45, 7) is 2.26. The molecule has 1 heterocycles. The number of amides is 1. The van der Waals surface area contributed by atoms with Gasteiger partial charge in [0, 0.05) is 30.3 Å². The molecule has 1 fully saturated rings. The lowest BCUT2D eigenvalue weighted by atomic mass is 10.1. The second-order valence-electron chi connectivity index (χ2n) is 7.01. The van der Waals surface area contributed by atoms with Gasteiger partial charge in [0.15, 0.2) is 0 Å². The first-order valence-corrected chi connectivity index (χ1v) is 10.1. The molecule has 1 saturated heterocycles. The van der Waals surface area contributed by atoms with Crippen molar-refractivity contribution >= 4 is 23.2 Å². The lowest BCUT2D eigenvalue weighted by molar-refractivity contribution is -0.117. The van der Waals surface area contributed by atoms with Crippen LogP contribution in [-0.2, 0) is 16.1 Å². The van der Waals surface area contributed by atoms with Crippen molar-refractivity contribution in [3.8, 4) is 11.5 Å². The van der Waals surface area contributed by atoms with Crippen LogP contribution in [0.3, 0.4) is 0 Å². The van der Waals surface area contributed by atoms with Gasteiger partial charge in [0.2, 0.25) is 5.91 Å². The van der Waals surface area contributed by atoms with E-state index in [1.807, 2.05) is 24.3 Å². The van der Waals surface area contributed by atoms with Crippen molar-refractivity contribution in [3.05, 3.63) is 53.1 Å². The van der Waals surface area contributed by atoms with Crippen molar-refractivity contribution in [2.24, 2.45) is 0 Å². The molecule has 0 spiro atoms. The van der Waals surface area contributed by atoms with Gasteiger partial charge in [-0.3, -0.25) is 9.69 Å². The smallest absolute Gasteiger partial charge is 0.238 e. The van der Waals surface area contributed by atoms with Crippen LogP contribution in [0.4, 0.5) is 5.69 Å². The molecule has 1 aliphatic rings. The van der Waals surface area contributed by atoms with Gasteiger partial charge < -0.3 is 19.5 Å². The van der Waals surface area contributed by atoms with Gasteiger partial charge in [0.1, 0.15) is 11.5 Å². The van der Waals surface area contributed by atoms with Gasteiger partial charge in [0.05, 0.1) is 32.6 Å². The maximum absolute atomic E-state index is 12.8. The summed E-state index contributed by atoms with van der Waals surface area (Å²) < 4.78 is 16.6. The molecule has 1 unspecified atom stereocenters. The predicted octanol–water partition coefficient (Wildman–Crippen LogP) is 3.98. The Morgan fingerprint density at radius 2 is 2.00 bits per heavy atom. The third-order valence-corrected chi connectivity index (χ3v) is 5.11. The Bertz CT molecular complexity index is 824. The van der Waals surface area contributed by atoms with Crippen LogP contribution in [0.15, 0.2) is 42.5 Å². The fourth-order valence-electron chi connectivity index (χ4n) is 3.51. The first kappa shape index (κ1) is 21.4. The van der Waals surface area contributed by atoms with Crippen LogP contribution in [0.25, 0.3) is 0 Å². The Morgan fingerprint density at radius 3 is 2.72 bits per heavy atom. The summed E-state index contributed by atoms with van der Waals surface area (Å²) in [6, 6.07) is 13.0. The largest absolute Gasteiger partial charge is 0.496 e. The molecule has 29 heavy (non-hydrogen) atoms. The number of hydrogen-bond acceptors (Lipinski definition) is 5. The number of methoxy groups -OCH3 is 2. The fourth-order valence-corrected chi connectivity index (χ4v) is 3.68. The molecule has 0 radical (unpaired) electrons. The van der Waals surface area contributed by atoms with Crippen molar-refractivity contribution in [2.75, 3.05) is 39.2 Å². The Balaban J connectivity index is 1.71. The number of ether oxygens (including phenoxy) is 3. The number of carbonyl (C=O) groups is 1. The molecular weight excluding hydrogens is 392 g/mol. The van der Waals surface area contributed by atoms with Crippen LogP contribution in [0.2, 0.25) is 5.02 Å². The topological polar surface area (TPSA) is 60.0 Å². The number of rotatable bonds is 9. The maximum atomic E-state index is 12.8. The molecule has 7 heteroatoms. The number of carbonyl (C=O) groups excluding carboxylic acids is 1. The van der Waals surface area contributed by atoms with Crippen LogP contribution in [0.5, 0.6) is 11.5 Å². The van der Waals surface area contributed by atoms with Crippen molar-refractivity contribution in [1.82, 2.24) is 4.90 Å². The van der Waals surface area contributed by atoms with Gasteiger partial charge in [-0.1, -0.05) is 29.8 Å². The third kappa shape index (κ3) is 6.10. The van der Waals surface area contributed by atoms with Gasteiger partial charge in [-0.25, -0.2) is 0 Å². The molecule has 6 nitrogen and oxygen atoms in total. The normalized spacial score (nSPS) is 16.1. The monoisotopic (exact) mass is 418 g/mol. The van der Waals surface area contributed by atoms with Crippen LogP contribution in [-0.4, -0.2) is 50.8 Å². The minimum Gasteiger partial charge on any atom is -0.496 e. The zero-order valence-electron chi connectivity index (χ0n) is 16.8. The number of hydrogen-bond donors (Lipinski definition) is 1. The zero-order chi connectivity index (χ0) is 20.6. The van der Waals surface area contributed by atoms with E-state index in [-0.39, 0.29) is 18.6 Å². The number of nitrogens with one attached hydrogen (secondary N) is 1. The molecule has 156 valence electrons. The second-order valence-corrected chi connectivity index (χ2v) is 7.45. The summed E-state index contributed by atoms with van der Waals surface area (Å²) in [7, 11) is 3.21. The van der Waals surface area contributed by atoms with Crippen LogP contribution in [0.1, 0.15) is 18.4 Å². The quantitative estimate of drug-likeness (QED) is 0.667. The summed E-state index contributed by atoms with van der Waals surface area (Å²) in [5.41, 5.74) is 1.58. The van der Waals surface area contributed by atoms with Gasteiger partial charge in [-0.15, -0.1) is 0 Å². The molecule has 1 N–H and O–H groups in total. The van der Waals surface area contributed by atoms with E-state index in [1.165, 1.54) is 0 Å². The molecule has 0 aromatic heterocycles. The molecule has 0 aliphatic carbocycles. The summed E-state index contributed by atoms with van der Waals surface area (Å²) in [6.07, 6.45) is 2.20. The average molecular weight is 419 g/mol. The molecule has 3 rings (SSSR count). The van der Waals surface area contributed by atoms with Gasteiger partial charge >= 0.3 is 0 Å². The second kappa shape index (κ2) is 10.5. The van der Waals surface area contributed by atoms with E-state index in [0.29, 0.717) is 29.5 Å². The molecule has 1 aliphatic heterocycles. The Morgan fingerprint density at radius 1 is 1.21 bits per heavy atom. The van der Waals surface area contributed by atoms with E-state index in [1.54, 1.807) is 32.4 Å². The molecule has 1 amide bonds. The predicted molar refractivity (Wildman–Crippen MR) is 114 cm³/mol. The number of nitrogens with zero attached hydrogens (tertiary/aromatic N) is 1. The van der Waals surface area contributed by atoms with Crippen LogP contribution < -0.4 is 14.8 Å². The molecule has 1 atom stereocenters. The summed E-state index contributed by atoms with van der Waals surface area (Å²) in [4.78, 5) is 14.9. The Kier molecular flexibility index (Phi) is 7.75. The zero-order valence-corrected chi connectivity index (χ0v) is 17.6. The molecule has 2 aromatic carbocycles. The lowest BCUT2D eigenvalue weighted by Gasteiger charge is -2.25. The van der Waals surface area contributed by atoms with E-state index in [4.69, 9.17) is 25.8 Å². The maximum Gasteiger partial charge on any atom is 0.238 e. The van der Waals surface area contributed by atoms with Crippen LogP contribution >= 0.6 is 11.6 Å². The van der Waals surface area contributed by atoms with Crippen molar-refractivity contribution in [1.29, 1.82) is 0 Å². The van der Waals surface area contributed by atoms with Crippen molar-refractivity contribution in [2.45, 2.75) is 25.5 Å². The van der Waals surface area contributed by atoms with Gasteiger partial charge in [-0.05, 0) is 37.1 Å². The molecule has 0 bridgehead atoms. The molecule has 2 aromatic rings. The highest BCUT2D eigenvalue weighted by Gasteiger charge is 2.22. The van der Waals surface area contributed by atoms with Gasteiger partial charge in [0.25, 0.3) is 0 Å². The molecular formula is C22H27ClN2O4. The average Bonchev–Trinajstić information content (AvgIpc) is 3.21. The lowest BCUT2D eigenvalue weighted by Crippen LogP contribution is -2.38. The number of anilines is 1. The van der Waals surface area contributed by atoms with Gasteiger partial charge in [-0.2, -0.15) is 0 Å². The number of benzene rings is 2. The number of para-hydroxylation sites is 1. The van der Waals surface area contributed by atoms with E-state index in [9.17, 15) is 4.79 Å². The third-order valence-electron chi connectivity index (χ3n) is 4.88. The molecule has 0 saturated carbocycles. The summed E-state index contributed by atoms with van der Waals surface area (Å²) >= 11 is 6.07. The minimum absolute atomic E-state index is 0.137. The van der Waals surface area contributed by atoms with Crippen molar-refractivity contribution < 1.29 is 19.0 Å². The Hall–Kier alpha value is -2.28. The highest BCUT2D eigenvalue weighted by Crippen LogP contribution is 2.28. The Labute approximate surface area is 176 Å². The standard InChI is InChI=1S/C22H27ClN2O4/c1-27-20-8-4-3-6-16(20)13-25(14-18-7-5-11-29-18)15-22(26)24-19-12-17(23)9-10-21(19)28-2/h3-4,6,8-10,12,18H,5,7,11,13-15H2,1-2H3,(H,24,26). The summed E-state index contributed by atoms with van der Waals surface area (Å²) in [5, 5.41) is 3.44.